The van der Waals surface area contributed by atoms with Crippen LogP contribution in [0.2, 0.25) is 0 Å². The molecular formula is C31H44N4O5. The number of amides is 4. The molecule has 0 bridgehead atoms. The van der Waals surface area contributed by atoms with Crippen LogP contribution in [0.4, 0.5) is 0 Å². The van der Waals surface area contributed by atoms with Gasteiger partial charge in [-0.15, -0.1) is 0 Å². The molecule has 0 aromatic heterocycles. The van der Waals surface area contributed by atoms with E-state index in [-0.39, 0.29) is 36.1 Å². The summed E-state index contributed by atoms with van der Waals surface area (Å²) in [4.78, 5) is 68.0. The molecule has 9 nitrogen and oxygen atoms in total. The molecule has 1 saturated heterocycles. The maximum Gasteiger partial charge on any atom is 0.289 e. The van der Waals surface area contributed by atoms with Crippen molar-refractivity contribution < 1.29 is 24.0 Å². The fourth-order valence-corrected chi connectivity index (χ4v) is 6.13. The monoisotopic (exact) mass is 552 g/mol. The predicted molar refractivity (Wildman–Crippen MR) is 151 cm³/mol. The van der Waals surface area contributed by atoms with Crippen molar-refractivity contribution in [3.63, 3.8) is 0 Å². The number of carbonyl (C=O) groups is 5. The number of likely N-dealkylation sites (tertiary alicyclic amines) is 1. The number of fused-ring (bicyclic) bond motifs is 1. The van der Waals surface area contributed by atoms with Crippen molar-refractivity contribution in [1.82, 2.24) is 20.9 Å². The summed E-state index contributed by atoms with van der Waals surface area (Å²) in [6, 6.07) is 6.91. The Labute approximate surface area is 237 Å². The van der Waals surface area contributed by atoms with E-state index in [1.165, 1.54) is 0 Å². The second kappa shape index (κ2) is 12.5. The van der Waals surface area contributed by atoms with E-state index < -0.39 is 41.1 Å². The Bertz CT molecular complexity index is 1110. The molecule has 2 saturated carbocycles. The van der Waals surface area contributed by atoms with E-state index in [0.717, 1.165) is 37.7 Å². The molecule has 3 fully saturated rings. The van der Waals surface area contributed by atoms with Crippen molar-refractivity contribution in [3.05, 3.63) is 35.9 Å². The fourth-order valence-electron chi connectivity index (χ4n) is 6.13. The molecule has 0 unspecified atom stereocenters. The van der Waals surface area contributed by atoms with Crippen LogP contribution in [0.1, 0.15) is 78.2 Å². The normalized spacial score (nSPS) is 23.6. The third-order valence-corrected chi connectivity index (χ3v) is 8.41. The highest BCUT2D eigenvalue weighted by Gasteiger charge is 2.52. The number of nitrogens with one attached hydrogen (secondary N) is 3. The van der Waals surface area contributed by atoms with Crippen LogP contribution in [0.15, 0.2) is 30.3 Å². The molecule has 9 heteroatoms. The molecule has 1 aliphatic heterocycles. The Kier molecular flexibility index (Phi) is 9.31. The Hall–Kier alpha value is -3.23. The van der Waals surface area contributed by atoms with Gasteiger partial charge in [-0.1, -0.05) is 70.9 Å². The van der Waals surface area contributed by atoms with E-state index in [0.29, 0.717) is 19.4 Å². The van der Waals surface area contributed by atoms with E-state index >= 15 is 0 Å². The second-order valence-electron chi connectivity index (χ2n) is 12.8. The van der Waals surface area contributed by atoms with Crippen molar-refractivity contribution in [2.24, 2.45) is 17.3 Å². The van der Waals surface area contributed by atoms with Gasteiger partial charge in [0.15, 0.2) is 0 Å². The summed E-state index contributed by atoms with van der Waals surface area (Å²) in [5, 5.41) is 8.53. The number of carbonyl (C=O) groups excluding carboxylic acids is 5. The number of benzene rings is 1. The average Bonchev–Trinajstić information content (AvgIpc) is 3.46. The minimum atomic E-state index is -0.933. The molecule has 4 rings (SSSR count). The number of Topliss-reactive ketones (excluding diaryl/α,β-unsaturated/α-hetero) is 1. The quantitative estimate of drug-likeness (QED) is 0.364. The molecule has 5 atom stereocenters. The highest BCUT2D eigenvalue weighted by molar-refractivity contribution is 6.38. The van der Waals surface area contributed by atoms with Crippen molar-refractivity contribution in [3.8, 4) is 0 Å². The zero-order chi connectivity index (χ0) is 29.0. The average molecular weight is 553 g/mol. The van der Waals surface area contributed by atoms with Crippen LogP contribution >= 0.6 is 0 Å². The van der Waals surface area contributed by atoms with E-state index in [2.05, 4.69) is 16.0 Å². The Morgan fingerprint density at radius 1 is 0.975 bits per heavy atom. The molecule has 3 aliphatic rings. The van der Waals surface area contributed by atoms with Gasteiger partial charge in [0, 0.05) is 12.6 Å². The van der Waals surface area contributed by atoms with Gasteiger partial charge in [-0.2, -0.15) is 0 Å². The lowest BCUT2D eigenvalue weighted by Crippen LogP contribution is -2.60. The largest absolute Gasteiger partial charge is 0.347 e. The topological polar surface area (TPSA) is 125 Å². The summed E-state index contributed by atoms with van der Waals surface area (Å²) < 4.78 is 0. The Balaban J connectivity index is 1.51. The van der Waals surface area contributed by atoms with Crippen LogP contribution in [0, 0.1) is 17.3 Å². The van der Waals surface area contributed by atoms with Gasteiger partial charge < -0.3 is 20.9 Å². The van der Waals surface area contributed by atoms with Gasteiger partial charge in [-0.05, 0) is 54.9 Å². The summed E-state index contributed by atoms with van der Waals surface area (Å²) in [6.45, 7) is 8.04. The Morgan fingerprint density at radius 2 is 1.68 bits per heavy atom. The zero-order valence-corrected chi connectivity index (χ0v) is 24.2. The minimum Gasteiger partial charge on any atom is -0.347 e. The molecular weight excluding hydrogens is 508 g/mol. The summed E-state index contributed by atoms with van der Waals surface area (Å²) in [6.07, 6.45) is 5.58. The number of hydrogen-bond donors (Lipinski definition) is 3. The molecule has 40 heavy (non-hydrogen) atoms. The number of hydrogen-bond acceptors (Lipinski definition) is 5. The van der Waals surface area contributed by atoms with E-state index in [1.807, 2.05) is 58.0 Å². The highest BCUT2D eigenvalue weighted by atomic mass is 16.2. The second-order valence-corrected chi connectivity index (χ2v) is 12.8. The van der Waals surface area contributed by atoms with Crippen LogP contribution in [0.5, 0.6) is 0 Å². The standard InChI is InChI=1S/C31H44N4O5/c1-5-10-23(26(37)29(39)32-21-15-16-21)33-28(38)25-22-14-9-13-20(22)18-35(25)30(40)27(31(2,3)4)34-24(36)17-19-11-7-6-8-12-19/h6-8,11-12,20-23,25,27H,5,9-10,13-18H2,1-4H3,(H,32,39)(H,33,38)(H,34,36)/t20-,22-,23-,25-,27+/m0/s1. The zero-order valence-electron chi connectivity index (χ0n) is 24.2. The summed E-state index contributed by atoms with van der Waals surface area (Å²) in [5.74, 6) is -2.04. The third kappa shape index (κ3) is 7.09. The van der Waals surface area contributed by atoms with Gasteiger partial charge in [0.2, 0.25) is 23.5 Å². The first kappa shape index (κ1) is 29.7. The summed E-state index contributed by atoms with van der Waals surface area (Å²) in [7, 11) is 0. The van der Waals surface area contributed by atoms with Crippen LogP contribution in [-0.2, 0) is 30.4 Å². The predicted octanol–water partition coefficient (Wildman–Crippen LogP) is 2.52. The maximum absolute atomic E-state index is 14.1. The van der Waals surface area contributed by atoms with Crippen LogP contribution < -0.4 is 16.0 Å². The molecule has 3 N–H and O–H groups in total. The maximum atomic E-state index is 14.1. The van der Waals surface area contributed by atoms with Crippen molar-refractivity contribution in [2.45, 2.75) is 103 Å². The fraction of sp³-hybridized carbons (Fsp3) is 0.645. The molecule has 1 aromatic carbocycles. The molecule has 1 aromatic rings. The van der Waals surface area contributed by atoms with Crippen LogP contribution in [0.3, 0.4) is 0 Å². The molecule has 2 aliphatic carbocycles. The van der Waals surface area contributed by atoms with E-state index in [1.54, 1.807) is 4.90 Å². The lowest BCUT2D eigenvalue weighted by atomic mass is 9.85. The first-order valence-electron chi connectivity index (χ1n) is 14.8. The van der Waals surface area contributed by atoms with Crippen molar-refractivity contribution in [1.29, 1.82) is 0 Å². The van der Waals surface area contributed by atoms with Gasteiger partial charge in [0.1, 0.15) is 12.1 Å². The van der Waals surface area contributed by atoms with Gasteiger partial charge in [0.05, 0.1) is 12.5 Å². The molecule has 218 valence electrons. The van der Waals surface area contributed by atoms with E-state index in [4.69, 9.17) is 0 Å². The number of rotatable bonds is 11. The Morgan fingerprint density at radius 3 is 2.30 bits per heavy atom. The molecule has 0 radical (unpaired) electrons. The van der Waals surface area contributed by atoms with Crippen LogP contribution in [-0.4, -0.2) is 65.0 Å². The minimum absolute atomic E-state index is 0.0118. The van der Waals surface area contributed by atoms with Gasteiger partial charge >= 0.3 is 0 Å². The number of nitrogens with zero attached hydrogens (tertiary/aromatic N) is 1. The van der Waals surface area contributed by atoms with Crippen LogP contribution in [0.25, 0.3) is 0 Å². The highest BCUT2D eigenvalue weighted by Crippen LogP contribution is 2.43. The summed E-state index contributed by atoms with van der Waals surface area (Å²) >= 11 is 0. The third-order valence-electron chi connectivity index (χ3n) is 8.41. The molecule has 0 spiro atoms. The molecule has 1 heterocycles. The number of ketones is 1. The van der Waals surface area contributed by atoms with Gasteiger partial charge in [0.25, 0.3) is 5.91 Å². The lowest BCUT2D eigenvalue weighted by Gasteiger charge is -2.36. The van der Waals surface area contributed by atoms with E-state index in [9.17, 15) is 24.0 Å². The molecule has 4 amide bonds. The van der Waals surface area contributed by atoms with Gasteiger partial charge in [-0.3, -0.25) is 24.0 Å². The summed E-state index contributed by atoms with van der Waals surface area (Å²) in [5.41, 5.74) is 0.259. The lowest BCUT2D eigenvalue weighted by molar-refractivity contribution is -0.146. The first-order chi connectivity index (χ1) is 19.0. The smallest absolute Gasteiger partial charge is 0.289 e. The van der Waals surface area contributed by atoms with Crippen molar-refractivity contribution >= 4 is 29.4 Å². The van der Waals surface area contributed by atoms with Crippen molar-refractivity contribution in [2.75, 3.05) is 6.54 Å². The SMILES string of the molecule is CCC[C@H](NC(=O)[C@@H]1[C@H]2CCC[C@H]2CN1C(=O)[C@@H](NC(=O)Cc1ccccc1)C(C)(C)C)C(=O)C(=O)NC1CC1. The first-order valence-corrected chi connectivity index (χ1v) is 14.8. The van der Waals surface area contributed by atoms with Gasteiger partial charge in [-0.25, -0.2) is 0 Å².